The fourth-order valence-corrected chi connectivity index (χ4v) is 1.45. The van der Waals surface area contributed by atoms with Crippen LogP contribution in [0.5, 0.6) is 0 Å². The van der Waals surface area contributed by atoms with Crippen LogP contribution in [0.15, 0.2) is 29.4 Å². The van der Waals surface area contributed by atoms with Gasteiger partial charge in [-0.25, -0.2) is 0 Å². The molecule has 0 aliphatic rings. The molecule has 21 heavy (non-hydrogen) atoms. The van der Waals surface area contributed by atoms with Crippen LogP contribution >= 0.6 is 12.2 Å². The van der Waals surface area contributed by atoms with Crippen LogP contribution in [0.3, 0.4) is 0 Å². The normalized spacial score (nSPS) is 11.9. The van der Waals surface area contributed by atoms with Crippen molar-refractivity contribution < 1.29 is 18.0 Å². The second-order valence-electron chi connectivity index (χ2n) is 4.13. The third kappa shape index (κ3) is 6.21. The van der Waals surface area contributed by atoms with Crippen molar-refractivity contribution in [3.05, 3.63) is 29.8 Å². The fraction of sp³-hybridized carbons (Fsp3) is 0.250. The van der Waals surface area contributed by atoms with Crippen LogP contribution < -0.4 is 16.5 Å². The highest BCUT2D eigenvalue weighted by atomic mass is 32.1. The standard InChI is InChI=1S/C12H13F3N4OS/c1-7(18-19-11(16)21)5-10(20)17-9-4-2-3-8(6-9)12(13,14)15/h2-4,6H,5H2,1H3,(H,17,20)(H3,16,19,21)/b18-7+. The first-order valence-electron chi connectivity index (χ1n) is 5.74. The van der Waals surface area contributed by atoms with Gasteiger partial charge in [-0.15, -0.1) is 0 Å². The van der Waals surface area contributed by atoms with Crippen molar-refractivity contribution in [1.82, 2.24) is 5.43 Å². The van der Waals surface area contributed by atoms with E-state index in [0.29, 0.717) is 5.71 Å². The zero-order valence-corrected chi connectivity index (χ0v) is 11.8. The number of alkyl halides is 3. The summed E-state index contributed by atoms with van der Waals surface area (Å²) >= 11 is 4.53. The van der Waals surface area contributed by atoms with Crippen LogP contribution in [0.4, 0.5) is 18.9 Å². The van der Waals surface area contributed by atoms with Crippen LogP contribution in [0.1, 0.15) is 18.9 Å². The average molecular weight is 318 g/mol. The molecule has 1 aromatic carbocycles. The molecule has 0 spiro atoms. The second kappa shape index (κ2) is 7.02. The van der Waals surface area contributed by atoms with Gasteiger partial charge in [0.2, 0.25) is 5.91 Å². The number of benzene rings is 1. The summed E-state index contributed by atoms with van der Waals surface area (Å²) in [4.78, 5) is 11.7. The van der Waals surface area contributed by atoms with Crippen molar-refractivity contribution in [3.63, 3.8) is 0 Å². The zero-order chi connectivity index (χ0) is 16.0. The van der Waals surface area contributed by atoms with Crippen molar-refractivity contribution in [2.45, 2.75) is 19.5 Å². The lowest BCUT2D eigenvalue weighted by atomic mass is 10.2. The van der Waals surface area contributed by atoms with Gasteiger partial charge in [0.25, 0.3) is 0 Å². The minimum absolute atomic E-state index is 0.0485. The van der Waals surface area contributed by atoms with E-state index in [0.717, 1.165) is 12.1 Å². The van der Waals surface area contributed by atoms with Crippen LogP contribution in [0, 0.1) is 0 Å². The maximum atomic E-state index is 12.5. The van der Waals surface area contributed by atoms with Gasteiger partial charge >= 0.3 is 6.18 Å². The van der Waals surface area contributed by atoms with E-state index in [9.17, 15) is 18.0 Å². The largest absolute Gasteiger partial charge is 0.416 e. The highest BCUT2D eigenvalue weighted by molar-refractivity contribution is 7.80. The number of halogens is 3. The fourth-order valence-electron chi connectivity index (χ4n) is 1.40. The molecule has 9 heteroatoms. The number of nitrogens with one attached hydrogen (secondary N) is 2. The molecular weight excluding hydrogens is 305 g/mol. The van der Waals surface area contributed by atoms with Gasteiger partial charge in [-0.05, 0) is 37.3 Å². The van der Waals surface area contributed by atoms with Crippen molar-refractivity contribution >= 4 is 34.6 Å². The first-order valence-corrected chi connectivity index (χ1v) is 6.15. The van der Waals surface area contributed by atoms with Crippen LogP contribution in [-0.4, -0.2) is 16.7 Å². The number of rotatable bonds is 4. The van der Waals surface area contributed by atoms with Crippen molar-refractivity contribution in [2.75, 3.05) is 5.32 Å². The van der Waals surface area contributed by atoms with Gasteiger partial charge in [-0.3, -0.25) is 10.2 Å². The van der Waals surface area contributed by atoms with Gasteiger partial charge in [0.15, 0.2) is 5.11 Å². The number of nitrogens with zero attached hydrogens (tertiary/aromatic N) is 1. The number of amides is 1. The summed E-state index contributed by atoms with van der Waals surface area (Å²) in [5.74, 6) is -0.500. The molecule has 0 heterocycles. The molecule has 114 valence electrons. The zero-order valence-electron chi connectivity index (χ0n) is 11.0. The van der Waals surface area contributed by atoms with Crippen molar-refractivity contribution in [2.24, 2.45) is 10.8 Å². The van der Waals surface area contributed by atoms with Gasteiger partial charge in [-0.2, -0.15) is 18.3 Å². The molecular formula is C12H13F3N4OS. The highest BCUT2D eigenvalue weighted by Gasteiger charge is 2.30. The Morgan fingerprint density at radius 2 is 2.10 bits per heavy atom. The predicted molar refractivity (Wildman–Crippen MR) is 77.7 cm³/mol. The quantitative estimate of drug-likeness (QED) is 0.452. The monoisotopic (exact) mass is 318 g/mol. The lowest BCUT2D eigenvalue weighted by Crippen LogP contribution is -2.26. The summed E-state index contributed by atoms with van der Waals surface area (Å²) in [7, 11) is 0. The van der Waals surface area contributed by atoms with E-state index in [2.05, 4.69) is 28.1 Å². The molecule has 0 radical (unpaired) electrons. The number of hydrogen-bond acceptors (Lipinski definition) is 3. The van der Waals surface area contributed by atoms with Crippen LogP contribution in [-0.2, 0) is 11.0 Å². The number of hydrogen-bond donors (Lipinski definition) is 3. The van der Waals surface area contributed by atoms with E-state index in [4.69, 9.17) is 5.73 Å². The minimum atomic E-state index is -4.46. The van der Waals surface area contributed by atoms with Gasteiger partial charge in [-0.1, -0.05) is 6.07 Å². The first kappa shape index (κ1) is 16.9. The Morgan fingerprint density at radius 1 is 1.43 bits per heavy atom. The predicted octanol–water partition coefficient (Wildman–Crippen LogP) is 2.24. The number of carbonyl (C=O) groups excluding carboxylic acids is 1. The molecule has 5 nitrogen and oxygen atoms in total. The third-order valence-electron chi connectivity index (χ3n) is 2.25. The van der Waals surface area contributed by atoms with E-state index < -0.39 is 17.6 Å². The molecule has 0 saturated heterocycles. The van der Waals surface area contributed by atoms with Crippen LogP contribution in [0.2, 0.25) is 0 Å². The number of hydrazone groups is 1. The summed E-state index contributed by atoms with van der Waals surface area (Å²) in [5, 5.41) is 6.03. The smallest absolute Gasteiger partial charge is 0.375 e. The SMILES string of the molecule is C/C(CC(=O)Nc1cccc(C(F)(F)F)c1)=N\NC(N)=S. The summed E-state index contributed by atoms with van der Waals surface area (Å²) in [6.45, 7) is 1.55. The molecule has 0 bridgehead atoms. The Balaban J connectivity index is 2.67. The molecule has 0 aliphatic heterocycles. The lowest BCUT2D eigenvalue weighted by molar-refractivity contribution is -0.137. The molecule has 0 unspecified atom stereocenters. The summed E-state index contributed by atoms with van der Waals surface area (Å²) in [5.41, 5.74) is 7.08. The van der Waals surface area contributed by atoms with E-state index in [1.54, 1.807) is 6.92 Å². The number of anilines is 1. The topological polar surface area (TPSA) is 79.5 Å². The lowest BCUT2D eigenvalue weighted by Gasteiger charge is -2.09. The third-order valence-corrected chi connectivity index (χ3v) is 2.34. The van der Waals surface area contributed by atoms with Crippen LogP contribution in [0.25, 0.3) is 0 Å². The molecule has 0 aliphatic carbocycles. The summed E-state index contributed by atoms with van der Waals surface area (Å²) in [6, 6.07) is 4.37. The minimum Gasteiger partial charge on any atom is -0.375 e. The molecule has 1 aromatic rings. The maximum Gasteiger partial charge on any atom is 0.416 e. The number of carbonyl (C=O) groups is 1. The van der Waals surface area contributed by atoms with Crippen molar-refractivity contribution in [3.8, 4) is 0 Å². The van der Waals surface area contributed by atoms with E-state index >= 15 is 0 Å². The van der Waals surface area contributed by atoms with Gasteiger partial charge < -0.3 is 11.1 Å². The molecule has 0 saturated carbocycles. The Kier molecular flexibility index (Phi) is 5.65. The molecule has 1 rings (SSSR count). The second-order valence-corrected chi connectivity index (χ2v) is 4.57. The Hall–Kier alpha value is -2.16. The van der Waals surface area contributed by atoms with Gasteiger partial charge in [0.05, 0.1) is 12.0 Å². The Bertz CT molecular complexity index is 572. The van der Waals surface area contributed by atoms with E-state index in [-0.39, 0.29) is 17.2 Å². The Labute approximate surface area is 124 Å². The average Bonchev–Trinajstić information content (AvgIpc) is 2.35. The van der Waals surface area contributed by atoms with Crippen molar-refractivity contribution in [1.29, 1.82) is 0 Å². The van der Waals surface area contributed by atoms with E-state index in [1.165, 1.54) is 12.1 Å². The van der Waals surface area contributed by atoms with E-state index in [1.807, 2.05) is 0 Å². The first-order chi connectivity index (χ1) is 9.68. The van der Waals surface area contributed by atoms with Gasteiger partial charge in [0.1, 0.15) is 0 Å². The number of thiocarbonyl (C=S) groups is 1. The molecule has 0 atom stereocenters. The summed E-state index contributed by atoms with van der Waals surface area (Å²) in [6.07, 6.45) is -4.56. The maximum absolute atomic E-state index is 12.5. The number of nitrogens with two attached hydrogens (primary N) is 1. The Morgan fingerprint density at radius 3 is 2.67 bits per heavy atom. The molecule has 0 aromatic heterocycles. The van der Waals surface area contributed by atoms with Gasteiger partial charge in [0, 0.05) is 11.4 Å². The molecule has 4 N–H and O–H groups in total. The molecule has 0 fully saturated rings. The molecule has 1 amide bonds. The highest BCUT2D eigenvalue weighted by Crippen LogP contribution is 2.30. The summed E-state index contributed by atoms with van der Waals surface area (Å²) < 4.78 is 37.6.